The number of rotatable bonds is 7. The molecule has 0 bridgehead atoms. The lowest BCUT2D eigenvalue weighted by atomic mass is 10.2. The van der Waals surface area contributed by atoms with Gasteiger partial charge in [0.25, 0.3) is 0 Å². The van der Waals surface area contributed by atoms with E-state index in [0.29, 0.717) is 25.7 Å². The van der Waals surface area contributed by atoms with Crippen LogP contribution in [-0.2, 0) is 4.74 Å². The molecule has 0 aromatic heterocycles. The summed E-state index contributed by atoms with van der Waals surface area (Å²) in [5.41, 5.74) is 0. The van der Waals surface area contributed by atoms with E-state index in [1.54, 1.807) is 0 Å². The molecule has 5 heteroatoms. The minimum Gasteiger partial charge on any atom is -0.380 e. The number of hydrogen-bond donors (Lipinski definition) is 1. The average molecular weight is 227 g/mol. The predicted molar refractivity (Wildman–Crippen MR) is 53.8 cm³/mol. The Labute approximate surface area is 89.2 Å². The second-order valence-corrected chi connectivity index (χ2v) is 4.14. The first-order valence-electron chi connectivity index (χ1n) is 5.19. The molecular weight excluding hydrogens is 207 g/mol. The van der Waals surface area contributed by atoms with Crippen molar-refractivity contribution >= 4 is 0 Å². The molecule has 1 N–H and O–H groups in total. The molecule has 0 aromatic rings. The molecule has 0 heterocycles. The molecule has 15 heavy (non-hydrogen) atoms. The Kier molecular flexibility index (Phi) is 6.92. The largest absolute Gasteiger partial charge is 0.390 e. The Morgan fingerprint density at radius 1 is 1.20 bits per heavy atom. The summed E-state index contributed by atoms with van der Waals surface area (Å²) in [6.07, 6.45) is -4.89. The number of halogens is 3. The van der Waals surface area contributed by atoms with Crippen molar-refractivity contribution in [3.63, 3.8) is 0 Å². The minimum atomic E-state index is -4.09. The fourth-order valence-corrected chi connectivity index (χ4v) is 1.12. The predicted octanol–water partition coefficient (Wildman–Crippen LogP) is 2.59. The van der Waals surface area contributed by atoms with Gasteiger partial charge in [0.05, 0.1) is 13.0 Å². The van der Waals surface area contributed by atoms with E-state index in [4.69, 9.17) is 4.74 Å². The van der Waals surface area contributed by atoms with Crippen LogP contribution in [0.2, 0.25) is 0 Å². The van der Waals surface area contributed by atoms with Crippen LogP contribution in [0.3, 0.4) is 0 Å². The lowest BCUT2D eigenvalue weighted by molar-refractivity contribution is -0.139. The molecule has 0 aliphatic rings. The van der Waals surface area contributed by atoms with E-state index in [1.807, 2.05) is 13.8 Å². The van der Waals surface area contributed by atoms with Gasteiger partial charge in [-0.1, -0.05) is 13.8 Å². The maximum absolute atomic E-state index is 11.9. The molecule has 0 aromatic carbocycles. The van der Waals surface area contributed by atoms with Crippen molar-refractivity contribution in [2.24, 2.45) is 5.92 Å². The molecule has 0 saturated heterocycles. The van der Waals surface area contributed by atoms with Crippen LogP contribution in [0.15, 0.2) is 0 Å². The van der Waals surface area contributed by atoms with Gasteiger partial charge in [-0.3, -0.25) is 0 Å². The number of nitrogens with one attached hydrogen (secondary N) is 1. The average Bonchev–Trinajstić information content (AvgIpc) is 1.99. The molecule has 0 aliphatic carbocycles. The highest BCUT2D eigenvalue weighted by atomic mass is 19.4. The van der Waals surface area contributed by atoms with E-state index in [9.17, 15) is 13.2 Å². The summed E-state index contributed by atoms with van der Waals surface area (Å²) in [4.78, 5) is 0. The Bertz CT molecular complexity index is 159. The smallest absolute Gasteiger partial charge is 0.380 e. The summed E-state index contributed by atoms with van der Waals surface area (Å²) in [6.45, 7) is 7.15. The fourth-order valence-electron chi connectivity index (χ4n) is 1.12. The zero-order valence-electron chi connectivity index (χ0n) is 9.53. The second-order valence-electron chi connectivity index (χ2n) is 4.14. The zero-order chi connectivity index (χ0) is 11.9. The topological polar surface area (TPSA) is 21.3 Å². The van der Waals surface area contributed by atoms with Crippen LogP contribution in [0.1, 0.15) is 27.2 Å². The Hall–Kier alpha value is -0.290. The SMILES string of the molecule is CC(C)COCCNC(C)CC(F)(F)F. The number of hydrogen-bond acceptors (Lipinski definition) is 2. The maximum atomic E-state index is 11.9. The van der Waals surface area contributed by atoms with E-state index >= 15 is 0 Å². The highest BCUT2D eigenvalue weighted by molar-refractivity contribution is 4.65. The van der Waals surface area contributed by atoms with E-state index in [-0.39, 0.29) is 0 Å². The van der Waals surface area contributed by atoms with Crippen molar-refractivity contribution in [3.8, 4) is 0 Å². The maximum Gasteiger partial charge on any atom is 0.390 e. The lowest BCUT2D eigenvalue weighted by Crippen LogP contribution is -2.33. The molecule has 2 nitrogen and oxygen atoms in total. The molecule has 0 radical (unpaired) electrons. The van der Waals surface area contributed by atoms with Gasteiger partial charge in [0, 0.05) is 19.2 Å². The van der Waals surface area contributed by atoms with E-state index < -0.39 is 18.6 Å². The summed E-state index contributed by atoms with van der Waals surface area (Å²) < 4.78 is 41.0. The fraction of sp³-hybridized carbons (Fsp3) is 1.00. The quantitative estimate of drug-likeness (QED) is 0.675. The highest BCUT2D eigenvalue weighted by Gasteiger charge is 2.29. The van der Waals surface area contributed by atoms with Crippen molar-refractivity contribution in [2.45, 2.75) is 39.4 Å². The van der Waals surface area contributed by atoms with E-state index in [1.165, 1.54) is 6.92 Å². The lowest BCUT2D eigenvalue weighted by Gasteiger charge is -2.15. The van der Waals surface area contributed by atoms with E-state index in [2.05, 4.69) is 5.32 Å². The molecule has 0 aliphatic heterocycles. The Morgan fingerprint density at radius 3 is 2.27 bits per heavy atom. The molecule has 1 unspecified atom stereocenters. The van der Waals surface area contributed by atoms with Crippen LogP contribution < -0.4 is 5.32 Å². The van der Waals surface area contributed by atoms with Gasteiger partial charge in [-0.2, -0.15) is 13.2 Å². The molecule has 0 spiro atoms. The summed E-state index contributed by atoms with van der Waals surface area (Å²) in [6, 6.07) is -0.548. The normalized spacial score (nSPS) is 14.6. The molecular formula is C10H20F3NO. The third-order valence-corrected chi connectivity index (χ3v) is 1.73. The van der Waals surface area contributed by atoms with Crippen LogP contribution in [0.25, 0.3) is 0 Å². The summed E-state index contributed by atoms with van der Waals surface area (Å²) in [5.74, 6) is 0.456. The molecule has 0 amide bonds. The molecule has 92 valence electrons. The Balaban J connectivity index is 3.36. The van der Waals surface area contributed by atoms with Crippen molar-refractivity contribution < 1.29 is 17.9 Å². The zero-order valence-corrected chi connectivity index (χ0v) is 9.53. The summed E-state index contributed by atoms with van der Waals surface area (Å²) in [5, 5.41) is 2.77. The van der Waals surface area contributed by atoms with Gasteiger partial charge in [-0.25, -0.2) is 0 Å². The van der Waals surface area contributed by atoms with Gasteiger partial charge in [0.2, 0.25) is 0 Å². The summed E-state index contributed by atoms with van der Waals surface area (Å²) in [7, 11) is 0. The molecule has 0 rings (SSSR count). The van der Waals surface area contributed by atoms with Gasteiger partial charge in [0.1, 0.15) is 0 Å². The first kappa shape index (κ1) is 14.7. The van der Waals surface area contributed by atoms with Crippen LogP contribution in [0, 0.1) is 5.92 Å². The third kappa shape index (κ3) is 11.6. The monoisotopic (exact) mass is 227 g/mol. The highest BCUT2D eigenvalue weighted by Crippen LogP contribution is 2.20. The van der Waals surface area contributed by atoms with Gasteiger partial charge in [-0.15, -0.1) is 0 Å². The first-order chi connectivity index (χ1) is 6.81. The summed E-state index contributed by atoms with van der Waals surface area (Å²) >= 11 is 0. The molecule has 1 atom stereocenters. The van der Waals surface area contributed by atoms with Gasteiger partial charge in [0.15, 0.2) is 0 Å². The molecule has 0 saturated carbocycles. The van der Waals surface area contributed by atoms with E-state index in [0.717, 1.165) is 0 Å². The van der Waals surface area contributed by atoms with Crippen LogP contribution in [-0.4, -0.2) is 32.0 Å². The second kappa shape index (κ2) is 7.06. The van der Waals surface area contributed by atoms with Crippen molar-refractivity contribution in [3.05, 3.63) is 0 Å². The molecule has 0 fully saturated rings. The van der Waals surface area contributed by atoms with Gasteiger partial charge < -0.3 is 10.1 Å². The van der Waals surface area contributed by atoms with Crippen LogP contribution >= 0.6 is 0 Å². The Morgan fingerprint density at radius 2 is 1.80 bits per heavy atom. The van der Waals surface area contributed by atoms with Crippen LogP contribution in [0.5, 0.6) is 0 Å². The number of ether oxygens (including phenoxy) is 1. The van der Waals surface area contributed by atoms with Crippen molar-refractivity contribution in [1.82, 2.24) is 5.32 Å². The first-order valence-corrected chi connectivity index (χ1v) is 5.19. The van der Waals surface area contributed by atoms with Crippen molar-refractivity contribution in [2.75, 3.05) is 19.8 Å². The third-order valence-electron chi connectivity index (χ3n) is 1.73. The van der Waals surface area contributed by atoms with Gasteiger partial charge >= 0.3 is 6.18 Å². The standard InChI is InChI=1S/C10H20F3NO/c1-8(2)7-15-5-4-14-9(3)6-10(11,12)13/h8-9,14H,4-7H2,1-3H3. The minimum absolute atomic E-state index is 0.456. The van der Waals surface area contributed by atoms with Crippen LogP contribution in [0.4, 0.5) is 13.2 Å². The van der Waals surface area contributed by atoms with Crippen molar-refractivity contribution in [1.29, 1.82) is 0 Å². The number of alkyl halides is 3. The van der Waals surface area contributed by atoms with Gasteiger partial charge in [-0.05, 0) is 12.8 Å².